The number of rotatable bonds is 2. The lowest BCUT2D eigenvalue weighted by Gasteiger charge is -2.19. The van der Waals surface area contributed by atoms with Crippen molar-refractivity contribution in [3.63, 3.8) is 0 Å². The Labute approximate surface area is 121 Å². The van der Waals surface area contributed by atoms with E-state index in [4.69, 9.17) is 10.5 Å². The Morgan fingerprint density at radius 2 is 2.29 bits per heavy atom. The monoisotopic (exact) mass is 285 g/mol. The molecule has 1 unspecified atom stereocenters. The second kappa shape index (κ2) is 4.73. The molecule has 3 rings (SSSR count). The van der Waals surface area contributed by atoms with E-state index in [-0.39, 0.29) is 5.91 Å². The van der Waals surface area contributed by atoms with Gasteiger partial charge in [0.25, 0.3) is 5.91 Å². The summed E-state index contributed by atoms with van der Waals surface area (Å²) < 4.78 is 5.26. The molecule has 0 radical (unpaired) electrons. The molecule has 6 heteroatoms. The number of amides is 2. The van der Waals surface area contributed by atoms with Crippen LogP contribution in [0.15, 0.2) is 29.4 Å². The molecule has 108 valence electrons. The van der Waals surface area contributed by atoms with Gasteiger partial charge in [-0.25, -0.2) is 4.79 Å². The third-order valence-electron chi connectivity index (χ3n) is 3.92. The number of carbonyl (C=O) groups is 2. The topological polar surface area (TPSA) is 93.8 Å². The maximum atomic E-state index is 12.0. The lowest BCUT2D eigenvalue weighted by molar-refractivity contribution is -0.131. The number of ether oxygens (including phenoxy) is 1. The summed E-state index contributed by atoms with van der Waals surface area (Å²) in [6.45, 7) is 0. The van der Waals surface area contributed by atoms with Crippen molar-refractivity contribution in [1.29, 1.82) is 0 Å². The number of carbonyl (C=O) groups excluding carboxylic acids is 2. The molecule has 6 nitrogen and oxygen atoms in total. The first-order chi connectivity index (χ1) is 10.1. The van der Waals surface area contributed by atoms with Crippen LogP contribution in [0.1, 0.15) is 23.1 Å². The normalized spacial score (nSPS) is 24.5. The first-order valence-corrected chi connectivity index (χ1v) is 6.63. The summed E-state index contributed by atoms with van der Waals surface area (Å²) in [6, 6.07) is 5.64. The van der Waals surface area contributed by atoms with Gasteiger partial charge in [0.2, 0.25) is 5.60 Å². The highest BCUT2D eigenvalue weighted by molar-refractivity contribution is 6.10. The van der Waals surface area contributed by atoms with Gasteiger partial charge in [0, 0.05) is 37.0 Å². The molecule has 0 saturated carbocycles. The molecule has 1 saturated heterocycles. The van der Waals surface area contributed by atoms with Gasteiger partial charge in [-0.15, -0.1) is 0 Å². The molecule has 2 amide bonds. The molecule has 1 heterocycles. The SMILES string of the molecule is CN=CC(=CN)c1ccc2c(c1)CCC21OC(=O)NC1=O. The zero-order chi connectivity index (χ0) is 15.0. The van der Waals surface area contributed by atoms with Crippen LogP contribution >= 0.6 is 0 Å². The molecule has 1 aromatic rings. The highest BCUT2D eigenvalue weighted by atomic mass is 16.6. The van der Waals surface area contributed by atoms with Crippen molar-refractivity contribution < 1.29 is 14.3 Å². The molecule has 1 spiro atoms. The van der Waals surface area contributed by atoms with Gasteiger partial charge in [-0.1, -0.05) is 18.2 Å². The van der Waals surface area contributed by atoms with E-state index >= 15 is 0 Å². The summed E-state index contributed by atoms with van der Waals surface area (Å²) in [5.41, 5.74) is 7.91. The van der Waals surface area contributed by atoms with Crippen LogP contribution in [-0.4, -0.2) is 25.3 Å². The number of hydrogen-bond donors (Lipinski definition) is 2. The highest BCUT2D eigenvalue weighted by Crippen LogP contribution is 2.43. The van der Waals surface area contributed by atoms with Crippen LogP contribution in [0.2, 0.25) is 0 Å². The van der Waals surface area contributed by atoms with Crippen molar-refractivity contribution in [2.24, 2.45) is 10.7 Å². The molecule has 1 fully saturated rings. The molecule has 0 bridgehead atoms. The first-order valence-electron chi connectivity index (χ1n) is 6.63. The molecule has 0 aromatic heterocycles. The minimum absolute atomic E-state index is 0.385. The molecule has 2 aliphatic rings. The van der Waals surface area contributed by atoms with Crippen LogP contribution in [0.3, 0.4) is 0 Å². The van der Waals surface area contributed by atoms with Crippen LogP contribution < -0.4 is 11.1 Å². The van der Waals surface area contributed by atoms with Gasteiger partial charge >= 0.3 is 6.09 Å². The molecule has 1 aliphatic heterocycles. The van der Waals surface area contributed by atoms with Crippen LogP contribution in [0.25, 0.3) is 5.57 Å². The Kier molecular flexibility index (Phi) is 3.01. The minimum atomic E-state index is -1.16. The minimum Gasteiger partial charge on any atom is -0.427 e. The third-order valence-corrected chi connectivity index (χ3v) is 3.92. The number of nitrogens with two attached hydrogens (primary N) is 1. The van der Waals surface area contributed by atoms with Crippen molar-refractivity contribution in [2.45, 2.75) is 18.4 Å². The predicted octanol–water partition coefficient (Wildman–Crippen LogP) is 1.09. The largest absolute Gasteiger partial charge is 0.427 e. The second-order valence-corrected chi connectivity index (χ2v) is 5.05. The number of aryl methyl sites for hydroxylation is 1. The molecule has 1 atom stereocenters. The van der Waals surface area contributed by atoms with E-state index < -0.39 is 11.7 Å². The Bertz CT molecular complexity index is 693. The maximum absolute atomic E-state index is 12.0. The fourth-order valence-electron chi connectivity index (χ4n) is 2.94. The van der Waals surface area contributed by atoms with E-state index in [0.717, 1.165) is 22.3 Å². The Balaban J connectivity index is 2.04. The van der Waals surface area contributed by atoms with Crippen LogP contribution in [0, 0.1) is 0 Å². The third kappa shape index (κ3) is 1.91. The summed E-state index contributed by atoms with van der Waals surface area (Å²) in [5, 5.41) is 2.21. The number of fused-ring (bicyclic) bond motifs is 2. The fraction of sp³-hybridized carbons (Fsp3) is 0.267. The standard InChI is InChI=1S/C15H15N3O3/c1-17-8-11(7-16)9-2-3-12-10(6-9)4-5-15(12)13(19)18-14(20)21-15/h2-3,6-8H,4-5,16H2,1H3,(H,18,19,20). The average molecular weight is 285 g/mol. The smallest absolute Gasteiger partial charge is 0.415 e. The van der Waals surface area contributed by atoms with Gasteiger partial charge < -0.3 is 10.5 Å². The van der Waals surface area contributed by atoms with Gasteiger partial charge in [0.05, 0.1) is 0 Å². The van der Waals surface area contributed by atoms with Crippen LogP contribution in [-0.2, 0) is 21.6 Å². The highest BCUT2D eigenvalue weighted by Gasteiger charge is 2.54. The summed E-state index contributed by atoms with van der Waals surface area (Å²) >= 11 is 0. The lowest BCUT2D eigenvalue weighted by atomic mass is 9.93. The molecule has 21 heavy (non-hydrogen) atoms. The van der Waals surface area contributed by atoms with Crippen molar-refractivity contribution in [3.05, 3.63) is 41.1 Å². The summed E-state index contributed by atoms with van der Waals surface area (Å²) in [6.07, 6.45) is 3.62. The number of benzene rings is 1. The molecule has 3 N–H and O–H groups in total. The zero-order valence-electron chi connectivity index (χ0n) is 11.6. The quantitative estimate of drug-likeness (QED) is 0.795. The van der Waals surface area contributed by atoms with E-state index in [0.29, 0.717) is 12.8 Å². The lowest BCUT2D eigenvalue weighted by Crippen LogP contribution is -2.34. The van der Waals surface area contributed by atoms with Crippen molar-refractivity contribution >= 4 is 23.8 Å². The van der Waals surface area contributed by atoms with Gasteiger partial charge in [-0.3, -0.25) is 15.1 Å². The first kappa shape index (κ1) is 13.4. The van der Waals surface area contributed by atoms with Gasteiger partial charge in [-0.05, 0) is 17.5 Å². The Morgan fingerprint density at radius 1 is 1.48 bits per heavy atom. The van der Waals surface area contributed by atoms with E-state index in [1.54, 1.807) is 13.3 Å². The molecular weight excluding hydrogens is 270 g/mol. The Morgan fingerprint density at radius 3 is 2.90 bits per heavy atom. The number of allylic oxidation sites excluding steroid dienone is 1. The number of aliphatic imine (C=N–C) groups is 1. The van der Waals surface area contributed by atoms with Gasteiger partial charge in [0.1, 0.15) is 0 Å². The zero-order valence-corrected chi connectivity index (χ0v) is 11.6. The van der Waals surface area contributed by atoms with E-state index in [1.165, 1.54) is 6.20 Å². The van der Waals surface area contributed by atoms with Crippen LogP contribution in [0.5, 0.6) is 0 Å². The van der Waals surface area contributed by atoms with Gasteiger partial charge in [-0.2, -0.15) is 0 Å². The van der Waals surface area contributed by atoms with E-state index in [9.17, 15) is 9.59 Å². The summed E-state index contributed by atoms with van der Waals surface area (Å²) in [7, 11) is 1.67. The number of imide groups is 1. The maximum Gasteiger partial charge on any atom is 0.415 e. The number of alkyl carbamates (subject to hydrolysis) is 1. The summed E-state index contributed by atoms with van der Waals surface area (Å²) in [5.74, 6) is -0.385. The van der Waals surface area contributed by atoms with E-state index in [1.807, 2.05) is 18.2 Å². The van der Waals surface area contributed by atoms with Crippen molar-refractivity contribution in [1.82, 2.24) is 5.32 Å². The fourth-order valence-corrected chi connectivity index (χ4v) is 2.94. The van der Waals surface area contributed by atoms with E-state index in [2.05, 4.69) is 10.3 Å². The second-order valence-electron chi connectivity index (χ2n) is 5.05. The number of hydrogen-bond acceptors (Lipinski definition) is 5. The van der Waals surface area contributed by atoms with Crippen molar-refractivity contribution in [3.8, 4) is 0 Å². The van der Waals surface area contributed by atoms with Crippen molar-refractivity contribution in [2.75, 3.05) is 7.05 Å². The number of nitrogens with one attached hydrogen (secondary N) is 1. The summed E-state index contributed by atoms with van der Waals surface area (Å²) in [4.78, 5) is 27.3. The number of nitrogens with zero attached hydrogens (tertiary/aromatic N) is 1. The molecule has 1 aromatic carbocycles. The molecular formula is C15H15N3O3. The Hall–Kier alpha value is -2.63. The molecule has 1 aliphatic carbocycles. The predicted molar refractivity (Wildman–Crippen MR) is 77.6 cm³/mol. The van der Waals surface area contributed by atoms with Crippen LogP contribution in [0.4, 0.5) is 4.79 Å². The van der Waals surface area contributed by atoms with Gasteiger partial charge in [0.15, 0.2) is 0 Å². The average Bonchev–Trinajstić information content (AvgIpc) is 2.97.